The van der Waals surface area contributed by atoms with Gasteiger partial charge < -0.3 is 14.7 Å². The van der Waals surface area contributed by atoms with Crippen molar-refractivity contribution in [3.63, 3.8) is 0 Å². The van der Waals surface area contributed by atoms with Crippen molar-refractivity contribution >= 4 is 40.6 Å². The number of aryl methyl sites for hydroxylation is 1. The Labute approximate surface area is 167 Å². The molecular weight excluding hydrogens is 389 g/mol. The van der Waals surface area contributed by atoms with Gasteiger partial charge in [0.15, 0.2) is 5.60 Å². The molecule has 27 heavy (non-hydrogen) atoms. The first kappa shape index (κ1) is 19.7. The molecule has 0 aromatic heterocycles. The number of para-hydroxylation sites is 1. The van der Waals surface area contributed by atoms with E-state index in [1.165, 1.54) is 17.9 Å². The number of ether oxygens (including phenoxy) is 1. The second-order valence-corrected chi connectivity index (χ2v) is 7.38. The average molecular weight is 408 g/mol. The number of rotatable bonds is 6. The standard InChI is InChI=1S/C20H19Cl2NO4/c1-12-5-3-4-6-16(12)27-10-9-23-18-15(22)8-7-14(21)17(18)20(26,19(23)25)11-13(2)24/h3-8,26H,9-11H2,1-2H3/t20-/m0/s1. The van der Waals surface area contributed by atoms with Gasteiger partial charge in [0, 0.05) is 17.0 Å². The van der Waals surface area contributed by atoms with Gasteiger partial charge in [-0.25, -0.2) is 0 Å². The van der Waals surface area contributed by atoms with Gasteiger partial charge in [0.1, 0.15) is 18.1 Å². The Hall–Kier alpha value is -2.08. The third-order valence-electron chi connectivity index (χ3n) is 4.53. The lowest BCUT2D eigenvalue weighted by atomic mass is 9.90. The lowest BCUT2D eigenvalue weighted by Gasteiger charge is -2.22. The van der Waals surface area contributed by atoms with Crippen LogP contribution in [-0.4, -0.2) is 29.9 Å². The summed E-state index contributed by atoms with van der Waals surface area (Å²) >= 11 is 12.5. The van der Waals surface area contributed by atoms with E-state index < -0.39 is 11.5 Å². The van der Waals surface area contributed by atoms with Crippen LogP contribution in [0.4, 0.5) is 5.69 Å². The van der Waals surface area contributed by atoms with Gasteiger partial charge in [-0.3, -0.25) is 9.59 Å². The number of hydrogen-bond donors (Lipinski definition) is 1. The van der Waals surface area contributed by atoms with E-state index in [0.717, 1.165) is 5.56 Å². The van der Waals surface area contributed by atoms with Gasteiger partial charge in [-0.2, -0.15) is 0 Å². The zero-order chi connectivity index (χ0) is 19.8. The SMILES string of the molecule is CC(=O)C[C@@]1(O)C(=O)N(CCOc2ccccc2C)c2c(Cl)ccc(Cl)c21. The maximum absolute atomic E-state index is 13.0. The number of anilines is 1. The van der Waals surface area contributed by atoms with E-state index in [9.17, 15) is 14.7 Å². The summed E-state index contributed by atoms with van der Waals surface area (Å²) in [7, 11) is 0. The number of fused-ring (bicyclic) bond motifs is 1. The molecule has 3 rings (SSSR count). The summed E-state index contributed by atoms with van der Waals surface area (Å²) < 4.78 is 5.76. The molecule has 1 aliphatic heterocycles. The van der Waals surface area contributed by atoms with E-state index in [1.54, 1.807) is 6.07 Å². The molecule has 0 fully saturated rings. The lowest BCUT2D eigenvalue weighted by molar-refractivity contribution is -0.141. The molecule has 1 N–H and O–H groups in total. The Kier molecular flexibility index (Phi) is 5.47. The summed E-state index contributed by atoms with van der Waals surface area (Å²) in [6, 6.07) is 10.6. The molecule has 5 nitrogen and oxygen atoms in total. The number of aliphatic hydroxyl groups is 1. The van der Waals surface area contributed by atoms with Crippen molar-refractivity contribution in [3.8, 4) is 5.75 Å². The molecule has 7 heteroatoms. The molecular formula is C20H19Cl2NO4. The normalized spacial score (nSPS) is 18.6. The fourth-order valence-corrected chi connectivity index (χ4v) is 3.90. The molecule has 0 radical (unpaired) electrons. The quantitative estimate of drug-likeness (QED) is 0.788. The van der Waals surface area contributed by atoms with E-state index in [2.05, 4.69) is 0 Å². The number of ketones is 1. The third kappa shape index (κ3) is 3.55. The number of halogens is 2. The minimum Gasteiger partial charge on any atom is -0.491 e. The minimum atomic E-state index is -2.02. The van der Waals surface area contributed by atoms with Gasteiger partial charge in [-0.05, 0) is 37.6 Å². The number of nitrogens with zero attached hydrogens (tertiary/aromatic N) is 1. The highest BCUT2D eigenvalue weighted by Crippen LogP contribution is 2.49. The summed E-state index contributed by atoms with van der Waals surface area (Å²) in [5.41, 5.74) is -0.551. The van der Waals surface area contributed by atoms with Gasteiger partial charge >= 0.3 is 0 Å². The van der Waals surface area contributed by atoms with Gasteiger partial charge in [0.25, 0.3) is 5.91 Å². The highest BCUT2D eigenvalue weighted by atomic mass is 35.5. The van der Waals surface area contributed by atoms with E-state index in [-0.39, 0.29) is 41.0 Å². The predicted molar refractivity (Wildman–Crippen MR) is 105 cm³/mol. The Balaban J connectivity index is 1.91. The van der Waals surface area contributed by atoms with Gasteiger partial charge in [-0.15, -0.1) is 0 Å². The van der Waals surface area contributed by atoms with Gasteiger partial charge in [0.05, 0.1) is 17.3 Å². The van der Waals surface area contributed by atoms with Crippen LogP contribution < -0.4 is 9.64 Å². The zero-order valence-electron chi connectivity index (χ0n) is 15.0. The zero-order valence-corrected chi connectivity index (χ0v) is 16.5. The third-order valence-corrected chi connectivity index (χ3v) is 5.15. The van der Waals surface area contributed by atoms with Crippen molar-refractivity contribution in [1.29, 1.82) is 0 Å². The Morgan fingerprint density at radius 2 is 1.85 bits per heavy atom. The summed E-state index contributed by atoms with van der Waals surface area (Å²) in [5, 5.41) is 11.5. The van der Waals surface area contributed by atoms with Crippen LogP contribution in [0.3, 0.4) is 0 Å². The monoisotopic (exact) mass is 407 g/mol. The Morgan fingerprint density at radius 3 is 2.52 bits per heavy atom. The van der Waals surface area contributed by atoms with Crippen LogP contribution in [-0.2, 0) is 15.2 Å². The van der Waals surface area contributed by atoms with Crippen LogP contribution in [0, 0.1) is 6.92 Å². The van der Waals surface area contributed by atoms with E-state index in [4.69, 9.17) is 27.9 Å². The Morgan fingerprint density at radius 1 is 1.19 bits per heavy atom. The largest absolute Gasteiger partial charge is 0.491 e. The van der Waals surface area contributed by atoms with Gasteiger partial charge in [0.2, 0.25) is 0 Å². The summed E-state index contributed by atoms with van der Waals surface area (Å²) in [6.45, 7) is 3.58. The van der Waals surface area contributed by atoms with Crippen molar-refractivity contribution in [3.05, 3.63) is 57.6 Å². The fourth-order valence-electron chi connectivity index (χ4n) is 3.33. The number of benzene rings is 2. The molecule has 1 aliphatic rings. The molecule has 0 spiro atoms. The van der Waals surface area contributed by atoms with E-state index >= 15 is 0 Å². The number of carbonyl (C=O) groups is 2. The first-order valence-corrected chi connectivity index (χ1v) is 9.22. The van der Waals surface area contributed by atoms with E-state index in [0.29, 0.717) is 11.4 Å². The molecule has 0 saturated carbocycles. The summed E-state index contributed by atoms with van der Waals surface area (Å²) in [5.74, 6) is -0.248. The summed E-state index contributed by atoms with van der Waals surface area (Å²) in [6.07, 6.45) is -0.367. The predicted octanol–water partition coefficient (Wildman–Crippen LogP) is 3.89. The fraction of sp³-hybridized carbons (Fsp3) is 0.300. The molecule has 1 heterocycles. The molecule has 0 aliphatic carbocycles. The average Bonchev–Trinajstić information content (AvgIpc) is 2.82. The number of amides is 1. The van der Waals surface area contributed by atoms with Crippen LogP contribution in [0.15, 0.2) is 36.4 Å². The van der Waals surface area contributed by atoms with Crippen molar-refractivity contribution in [2.75, 3.05) is 18.1 Å². The number of Topliss-reactive ketones (excluding diaryl/α,β-unsaturated/α-hetero) is 1. The molecule has 1 amide bonds. The highest BCUT2D eigenvalue weighted by Gasteiger charge is 2.52. The molecule has 2 aromatic carbocycles. The van der Waals surface area contributed by atoms with Crippen molar-refractivity contribution in [2.45, 2.75) is 25.9 Å². The van der Waals surface area contributed by atoms with Crippen LogP contribution in [0.5, 0.6) is 5.75 Å². The first-order chi connectivity index (χ1) is 12.8. The maximum Gasteiger partial charge on any atom is 0.264 e. The van der Waals surface area contributed by atoms with Crippen molar-refractivity contribution < 1.29 is 19.4 Å². The van der Waals surface area contributed by atoms with Crippen LogP contribution in [0.25, 0.3) is 0 Å². The first-order valence-electron chi connectivity index (χ1n) is 8.46. The Bertz CT molecular complexity index is 915. The van der Waals surface area contributed by atoms with E-state index in [1.807, 2.05) is 31.2 Å². The molecule has 142 valence electrons. The summed E-state index contributed by atoms with van der Waals surface area (Å²) in [4.78, 5) is 26.0. The van der Waals surface area contributed by atoms with Gasteiger partial charge in [-0.1, -0.05) is 41.4 Å². The van der Waals surface area contributed by atoms with Crippen molar-refractivity contribution in [1.82, 2.24) is 0 Å². The van der Waals surface area contributed by atoms with Crippen LogP contribution in [0.2, 0.25) is 10.0 Å². The molecule has 2 aromatic rings. The smallest absolute Gasteiger partial charge is 0.264 e. The highest BCUT2D eigenvalue weighted by molar-refractivity contribution is 6.38. The molecule has 1 atom stereocenters. The maximum atomic E-state index is 13.0. The molecule has 0 bridgehead atoms. The second-order valence-electron chi connectivity index (χ2n) is 6.56. The van der Waals surface area contributed by atoms with Crippen LogP contribution >= 0.6 is 23.2 Å². The molecule has 0 saturated heterocycles. The minimum absolute atomic E-state index is 0.153. The molecule has 0 unspecified atom stereocenters. The topological polar surface area (TPSA) is 66.8 Å². The number of carbonyl (C=O) groups excluding carboxylic acids is 2. The van der Waals surface area contributed by atoms with Crippen LogP contribution in [0.1, 0.15) is 24.5 Å². The lowest BCUT2D eigenvalue weighted by Crippen LogP contribution is -2.43. The number of hydrogen-bond acceptors (Lipinski definition) is 4. The second kappa shape index (κ2) is 7.50. The van der Waals surface area contributed by atoms with Crippen molar-refractivity contribution in [2.24, 2.45) is 0 Å².